The molecular formula is C24H26N2O6. The fourth-order valence-electron chi connectivity index (χ4n) is 2.97. The summed E-state index contributed by atoms with van der Waals surface area (Å²) in [6.45, 7) is 2.43. The summed E-state index contributed by atoms with van der Waals surface area (Å²) < 4.78 is 21.1. The zero-order valence-corrected chi connectivity index (χ0v) is 18.3. The fraction of sp³-hybridized carbons (Fsp3) is 0.292. The van der Waals surface area contributed by atoms with Crippen LogP contribution in [0.1, 0.15) is 35.8 Å². The van der Waals surface area contributed by atoms with E-state index in [2.05, 4.69) is 10.5 Å². The molecule has 0 fully saturated rings. The largest absolute Gasteiger partial charge is 0.493 e. The number of nitrogens with one attached hydrogen (secondary N) is 1. The van der Waals surface area contributed by atoms with Crippen molar-refractivity contribution < 1.29 is 28.3 Å². The highest BCUT2D eigenvalue weighted by Crippen LogP contribution is 2.32. The van der Waals surface area contributed by atoms with Gasteiger partial charge in [0.05, 0.1) is 38.5 Å². The highest BCUT2D eigenvalue weighted by molar-refractivity contribution is 5.94. The lowest BCUT2D eigenvalue weighted by Crippen LogP contribution is -2.14. The maximum Gasteiger partial charge on any atom is 0.338 e. The molecule has 2 aromatic carbocycles. The van der Waals surface area contributed by atoms with Crippen LogP contribution in [0.5, 0.6) is 11.5 Å². The molecule has 8 heteroatoms. The average Bonchev–Trinajstić information content (AvgIpc) is 3.27. The average molecular weight is 438 g/mol. The van der Waals surface area contributed by atoms with Crippen molar-refractivity contribution in [2.24, 2.45) is 0 Å². The molecule has 3 aromatic rings. The minimum atomic E-state index is -0.374. The lowest BCUT2D eigenvalue weighted by Gasteiger charge is -2.07. The van der Waals surface area contributed by atoms with Gasteiger partial charge in [0.25, 0.3) is 0 Å². The minimum absolute atomic E-state index is 0.0393. The molecule has 0 saturated heterocycles. The van der Waals surface area contributed by atoms with Crippen molar-refractivity contribution in [3.8, 4) is 22.8 Å². The summed E-state index contributed by atoms with van der Waals surface area (Å²) in [7, 11) is 3.12. The predicted molar refractivity (Wildman–Crippen MR) is 119 cm³/mol. The third-order valence-corrected chi connectivity index (χ3v) is 4.70. The number of anilines is 1. The molecule has 1 amide bonds. The number of benzene rings is 2. The molecule has 1 N–H and O–H groups in total. The highest BCUT2D eigenvalue weighted by atomic mass is 16.5. The first-order chi connectivity index (χ1) is 15.5. The van der Waals surface area contributed by atoms with Crippen LogP contribution in [0, 0.1) is 0 Å². The number of methoxy groups -OCH3 is 2. The molecule has 0 aliphatic carbocycles. The summed E-state index contributed by atoms with van der Waals surface area (Å²) in [4.78, 5) is 24.3. The van der Waals surface area contributed by atoms with E-state index in [9.17, 15) is 9.59 Å². The van der Waals surface area contributed by atoms with Gasteiger partial charge in [-0.3, -0.25) is 4.79 Å². The Kier molecular flexibility index (Phi) is 7.85. The molecule has 0 unspecified atom stereocenters. The molecule has 0 radical (unpaired) electrons. The Morgan fingerprint density at radius 2 is 1.75 bits per heavy atom. The van der Waals surface area contributed by atoms with E-state index in [4.69, 9.17) is 18.7 Å². The molecule has 1 aromatic heterocycles. The van der Waals surface area contributed by atoms with Crippen LogP contribution in [0.3, 0.4) is 0 Å². The molecule has 168 valence electrons. The second kappa shape index (κ2) is 11.0. The number of carbonyl (C=O) groups is 2. The van der Waals surface area contributed by atoms with Gasteiger partial charge >= 0.3 is 5.97 Å². The van der Waals surface area contributed by atoms with Gasteiger partial charge in [-0.15, -0.1) is 0 Å². The SMILES string of the molecule is CCCCOC(=O)c1ccc(NC(=O)Cc2cc(-c3ccc(OC)c(OC)c3)on2)cc1. The van der Waals surface area contributed by atoms with Gasteiger partial charge in [0.2, 0.25) is 5.91 Å². The van der Waals surface area contributed by atoms with E-state index in [0.29, 0.717) is 40.8 Å². The van der Waals surface area contributed by atoms with Crippen molar-refractivity contribution in [3.63, 3.8) is 0 Å². The lowest BCUT2D eigenvalue weighted by molar-refractivity contribution is -0.115. The quantitative estimate of drug-likeness (QED) is 0.367. The fourth-order valence-corrected chi connectivity index (χ4v) is 2.97. The molecule has 0 saturated carbocycles. The Balaban J connectivity index is 1.58. The Morgan fingerprint density at radius 3 is 2.44 bits per heavy atom. The predicted octanol–water partition coefficient (Wildman–Crippen LogP) is 4.50. The summed E-state index contributed by atoms with van der Waals surface area (Å²) in [6.07, 6.45) is 1.83. The first-order valence-electron chi connectivity index (χ1n) is 10.3. The van der Waals surface area contributed by atoms with Crippen LogP contribution in [-0.2, 0) is 16.0 Å². The van der Waals surface area contributed by atoms with Crippen molar-refractivity contribution in [3.05, 3.63) is 59.8 Å². The normalized spacial score (nSPS) is 10.5. The molecule has 0 aliphatic heterocycles. The molecule has 3 rings (SSSR count). The van der Waals surface area contributed by atoms with Gasteiger partial charge in [0, 0.05) is 17.3 Å². The topological polar surface area (TPSA) is 99.9 Å². The number of nitrogens with zero attached hydrogens (tertiary/aromatic N) is 1. The number of hydrogen-bond acceptors (Lipinski definition) is 7. The second-order valence-electron chi connectivity index (χ2n) is 7.04. The van der Waals surface area contributed by atoms with Gasteiger partial charge in [0.1, 0.15) is 0 Å². The first-order valence-corrected chi connectivity index (χ1v) is 10.3. The minimum Gasteiger partial charge on any atom is -0.493 e. The smallest absolute Gasteiger partial charge is 0.338 e. The van der Waals surface area contributed by atoms with Gasteiger partial charge in [-0.1, -0.05) is 18.5 Å². The molecule has 0 aliphatic rings. The van der Waals surface area contributed by atoms with E-state index < -0.39 is 0 Å². The highest BCUT2D eigenvalue weighted by Gasteiger charge is 2.14. The number of esters is 1. The molecule has 1 heterocycles. The van der Waals surface area contributed by atoms with E-state index in [-0.39, 0.29) is 18.3 Å². The van der Waals surface area contributed by atoms with E-state index >= 15 is 0 Å². The molecular weight excluding hydrogens is 412 g/mol. The van der Waals surface area contributed by atoms with Gasteiger partial charge < -0.3 is 24.1 Å². The summed E-state index contributed by atoms with van der Waals surface area (Å²) in [5.41, 5.74) is 2.26. The Morgan fingerprint density at radius 1 is 1.00 bits per heavy atom. The Labute approximate surface area is 186 Å². The van der Waals surface area contributed by atoms with Crippen molar-refractivity contribution in [1.29, 1.82) is 0 Å². The number of unbranched alkanes of at least 4 members (excludes halogenated alkanes) is 1. The van der Waals surface area contributed by atoms with Gasteiger partial charge in [-0.05, 0) is 48.9 Å². The molecule has 0 bridgehead atoms. The first kappa shape index (κ1) is 22.9. The Bertz CT molecular complexity index is 1060. The molecule has 8 nitrogen and oxygen atoms in total. The number of amides is 1. The summed E-state index contributed by atoms with van der Waals surface area (Å²) in [5.74, 6) is 1.06. The van der Waals surface area contributed by atoms with Gasteiger partial charge in [-0.2, -0.15) is 0 Å². The van der Waals surface area contributed by atoms with Crippen LogP contribution in [0.25, 0.3) is 11.3 Å². The number of carbonyl (C=O) groups excluding carboxylic acids is 2. The van der Waals surface area contributed by atoms with Crippen LogP contribution < -0.4 is 14.8 Å². The summed E-state index contributed by atoms with van der Waals surface area (Å²) in [6, 6.07) is 13.6. The number of ether oxygens (including phenoxy) is 3. The van der Waals surface area contributed by atoms with Crippen LogP contribution in [-0.4, -0.2) is 37.9 Å². The van der Waals surface area contributed by atoms with Crippen molar-refractivity contribution in [2.45, 2.75) is 26.2 Å². The van der Waals surface area contributed by atoms with E-state index in [1.165, 1.54) is 0 Å². The van der Waals surface area contributed by atoms with Crippen LogP contribution in [0.15, 0.2) is 53.1 Å². The maximum atomic E-state index is 12.4. The third kappa shape index (κ3) is 5.87. The summed E-state index contributed by atoms with van der Waals surface area (Å²) in [5, 5.41) is 6.76. The standard InChI is InChI=1S/C24H26N2O6/c1-4-5-12-31-24(28)16-6-9-18(10-7-16)25-23(27)15-19-14-21(32-26-19)17-8-11-20(29-2)22(13-17)30-3/h6-11,13-14H,4-5,12,15H2,1-3H3,(H,25,27). The van der Waals surface area contributed by atoms with E-state index in [0.717, 1.165) is 18.4 Å². The van der Waals surface area contributed by atoms with Gasteiger partial charge in [0.15, 0.2) is 17.3 Å². The third-order valence-electron chi connectivity index (χ3n) is 4.70. The summed E-state index contributed by atoms with van der Waals surface area (Å²) >= 11 is 0. The van der Waals surface area contributed by atoms with Crippen LogP contribution in [0.2, 0.25) is 0 Å². The monoisotopic (exact) mass is 438 g/mol. The van der Waals surface area contributed by atoms with Crippen molar-refractivity contribution >= 4 is 17.6 Å². The lowest BCUT2D eigenvalue weighted by atomic mass is 10.1. The van der Waals surface area contributed by atoms with Crippen molar-refractivity contribution in [2.75, 3.05) is 26.1 Å². The zero-order chi connectivity index (χ0) is 22.9. The number of rotatable bonds is 10. The second-order valence-corrected chi connectivity index (χ2v) is 7.04. The molecule has 0 spiro atoms. The van der Waals surface area contributed by atoms with Gasteiger partial charge in [-0.25, -0.2) is 4.79 Å². The van der Waals surface area contributed by atoms with E-state index in [1.54, 1.807) is 56.7 Å². The zero-order valence-electron chi connectivity index (χ0n) is 18.3. The van der Waals surface area contributed by atoms with Crippen LogP contribution >= 0.6 is 0 Å². The Hall–Kier alpha value is -3.81. The molecule has 0 atom stereocenters. The van der Waals surface area contributed by atoms with E-state index in [1.807, 2.05) is 13.0 Å². The van der Waals surface area contributed by atoms with Crippen molar-refractivity contribution in [1.82, 2.24) is 5.16 Å². The number of hydrogen-bond donors (Lipinski definition) is 1. The number of aromatic nitrogens is 1. The maximum absolute atomic E-state index is 12.4. The van der Waals surface area contributed by atoms with Crippen LogP contribution in [0.4, 0.5) is 5.69 Å². The molecule has 32 heavy (non-hydrogen) atoms.